The molecule has 0 atom stereocenters. The van der Waals surface area contributed by atoms with Gasteiger partial charge in [-0.1, -0.05) is 39.4 Å². The van der Waals surface area contributed by atoms with Crippen LogP contribution >= 0.6 is 27.3 Å². The molecule has 0 aliphatic heterocycles. The summed E-state index contributed by atoms with van der Waals surface area (Å²) in [4.78, 5) is 4.32. The molecule has 0 N–H and O–H groups in total. The van der Waals surface area contributed by atoms with Gasteiger partial charge in [0.25, 0.3) is 5.19 Å². The molecule has 1 heterocycles. The summed E-state index contributed by atoms with van der Waals surface area (Å²) in [6.45, 7) is 0. The summed E-state index contributed by atoms with van der Waals surface area (Å²) in [5.41, 5.74) is 2.05. The monoisotopic (exact) mass is 269 g/mol. The maximum Gasteiger partial charge on any atom is 0.273 e. The lowest BCUT2D eigenvalue weighted by atomic mass is 10.2. The first-order valence-electron chi connectivity index (χ1n) is 4.05. The van der Waals surface area contributed by atoms with E-state index >= 15 is 0 Å². The van der Waals surface area contributed by atoms with Crippen molar-refractivity contribution in [1.29, 1.82) is 0 Å². The fourth-order valence-corrected chi connectivity index (χ4v) is 2.18. The molecule has 0 aliphatic rings. The number of aromatic nitrogens is 1. The third-order valence-corrected chi connectivity index (χ3v) is 3.07. The number of rotatable bonds is 2. The molecule has 0 saturated carbocycles. The quantitative estimate of drug-likeness (QED) is 0.832. The molecule has 2 nitrogen and oxygen atoms in total. The number of thiazole rings is 1. The fraction of sp³-hybridized carbons (Fsp3) is 0.100. The molecular formula is C10H8BrNOS. The Morgan fingerprint density at radius 1 is 1.43 bits per heavy atom. The van der Waals surface area contributed by atoms with Crippen molar-refractivity contribution in [2.75, 3.05) is 7.11 Å². The first-order chi connectivity index (χ1) is 6.79. The van der Waals surface area contributed by atoms with Gasteiger partial charge in [0.05, 0.1) is 12.8 Å². The van der Waals surface area contributed by atoms with E-state index < -0.39 is 0 Å². The van der Waals surface area contributed by atoms with E-state index in [4.69, 9.17) is 4.74 Å². The van der Waals surface area contributed by atoms with Crippen molar-refractivity contribution in [3.05, 3.63) is 34.1 Å². The van der Waals surface area contributed by atoms with E-state index in [0.29, 0.717) is 5.19 Å². The van der Waals surface area contributed by atoms with Crippen LogP contribution in [0.3, 0.4) is 0 Å². The molecule has 4 heteroatoms. The van der Waals surface area contributed by atoms with E-state index in [1.165, 1.54) is 11.3 Å². The van der Waals surface area contributed by atoms with Gasteiger partial charge in [-0.25, -0.2) is 4.98 Å². The van der Waals surface area contributed by atoms with E-state index in [1.54, 1.807) is 7.11 Å². The van der Waals surface area contributed by atoms with Crippen molar-refractivity contribution >= 4 is 27.3 Å². The highest BCUT2D eigenvalue weighted by molar-refractivity contribution is 9.10. The molecule has 0 fully saturated rings. The maximum atomic E-state index is 5.04. The van der Waals surface area contributed by atoms with Gasteiger partial charge in [0.15, 0.2) is 0 Å². The predicted octanol–water partition coefficient (Wildman–Crippen LogP) is 3.58. The Balaban J connectivity index is 2.39. The molecule has 0 bridgehead atoms. The molecule has 0 spiro atoms. The van der Waals surface area contributed by atoms with Gasteiger partial charge in [0.2, 0.25) is 0 Å². The molecule has 2 aromatic rings. The maximum absolute atomic E-state index is 5.04. The number of nitrogens with zero attached hydrogens (tertiary/aromatic N) is 1. The van der Waals surface area contributed by atoms with Crippen LogP contribution in [0.15, 0.2) is 34.1 Å². The SMILES string of the molecule is COc1nc(-c2cccc(Br)c2)cs1. The smallest absolute Gasteiger partial charge is 0.273 e. The Hall–Kier alpha value is -0.870. The second kappa shape index (κ2) is 4.11. The van der Waals surface area contributed by atoms with Gasteiger partial charge in [-0.05, 0) is 12.1 Å². The van der Waals surface area contributed by atoms with Crippen molar-refractivity contribution in [3.8, 4) is 16.5 Å². The van der Waals surface area contributed by atoms with E-state index in [2.05, 4.69) is 20.9 Å². The second-order valence-corrected chi connectivity index (χ2v) is 4.45. The van der Waals surface area contributed by atoms with Crippen LogP contribution in [0.1, 0.15) is 0 Å². The number of hydrogen-bond donors (Lipinski definition) is 0. The van der Waals surface area contributed by atoms with Crippen LogP contribution < -0.4 is 4.74 Å². The van der Waals surface area contributed by atoms with Crippen LogP contribution in [0.5, 0.6) is 5.19 Å². The van der Waals surface area contributed by atoms with Crippen molar-refractivity contribution < 1.29 is 4.74 Å². The molecule has 0 aliphatic carbocycles. The zero-order chi connectivity index (χ0) is 9.97. The highest BCUT2D eigenvalue weighted by Crippen LogP contribution is 2.27. The molecule has 2 rings (SSSR count). The number of halogens is 1. The van der Waals surface area contributed by atoms with E-state index in [0.717, 1.165) is 15.7 Å². The molecule has 1 aromatic carbocycles. The van der Waals surface area contributed by atoms with Gasteiger partial charge >= 0.3 is 0 Å². The highest BCUT2D eigenvalue weighted by atomic mass is 79.9. The highest BCUT2D eigenvalue weighted by Gasteiger charge is 2.04. The molecule has 72 valence electrons. The lowest BCUT2D eigenvalue weighted by Crippen LogP contribution is -1.81. The second-order valence-electron chi connectivity index (χ2n) is 2.71. The lowest BCUT2D eigenvalue weighted by Gasteiger charge is -1.96. The molecule has 1 aromatic heterocycles. The van der Waals surface area contributed by atoms with Crippen molar-refractivity contribution in [3.63, 3.8) is 0 Å². The Morgan fingerprint density at radius 2 is 2.29 bits per heavy atom. The van der Waals surface area contributed by atoms with Crippen LogP contribution in [0.25, 0.3) is 11.3 Å². The molecule has 0 saturated heterocycles. The van der Waals surface area contributed by atoms with Crippen LogP contribution in [0.4, 0.5) is 0 Å². The number of hydrogen-bond acceptors (Lipinski definition) is 3. The Bertz CT molecular complexity index is 441. The zero-order valence-corrected chi connectivity index (χ0v) is 9.93. The fourth-order valence-electron chi connectivity index (χ4n) is 1.13. The van der Waals surface area contributed by atoms with Gasteiger partial charge in [0, 0.05) is 15.4 Å². The predicted molar refractivity (Wildman–Crippen MR) is 61.8 cm³/mol. The third kappa shape index (κ3) is 1.96. The van der Waals surface area contributed by atoms with Crippen LogP contribution in [-0.2, 0) is 0 Å². The summed E-state index contributed by atoms with van der Waals surface area (Å²) in [7, 11) is 1.63. The summed E-state index contributed by atoms with van der Waals surface area (Å²) in [6, 6.07) is 8.05. The largest absolute Gasteiger partial charge is 0.473 e. The van der Waals surface area contributed by atoms with Crippen molar-refractivity contribution in [1.82, 2.24) is 4.98 Å². The average Bonchev–Trinajstić information content (AvgIpc) is 2.66. The topological polar surface area (TPSA) is 22.1 Å². The van der Waals surface area contributed by atoms with Crippen molar-refractivity contribution in [2.24, 2.45) is 0 Å². The van der Waals surface area contributed by atoms with E-state index in [1.807, 2.05) is 29.6 Å². The Kier molecular flexibility index (Phi) is 2.84. The van der Waals surface area contributed by atoms with Crippen LogP contribution in [0, 0.1) is 0 Å². The standard InChI is InChI=1S/C10H8BrNOS/c1-13-10-12-9(6-14-10)7-3-2-4-8(11)5-7/h2-6H,1H3. The average molecular weight is 270 g/mol. The van der Waals surface area contributed by atoms with E-state index in [-0.39, 0.29) is 0 Å². The van der Waals surface area contributed by atoms with E-state index in [9.17, 15) is 0 Å². The summed E-state index contributed by atoms with van der Waals surface area (Å²) >= 11 is 4.93. The molecule has 0 unspecified atom stereocenters. The normalized spacial score (nSPS) is 10.1. The summed E-state index contributed by atoms with van der Waals surface area (Å²) in [5, 5.41) is 2.68. The first kappa shape index (κ1) is 9.68. The molecule has 0 amide bonds. The lowest BCUT2D eigenvalue weighted by molar-refractivity contribution is 0.412. The first-order valence-corrected chi connectivity index (χ1v) is 5.72. The third-order valence-electron chi connectivity index (χ3n) is 1.78. The minimum absolute atomic E-state index is 0.694. The molecule has 14 heavy (non-hydrogen) atoms. The molecular weight excluding hydrogens is 262 g/mol. The number of ether oxygens (including phenoxy) is 1. The van der Waals surface area contributed by atoms with Gasteiger partial charge < -0.3 is 4.74 Å². The Morgan fingerprint density at radius 3 is 2.93 bits per heavy atom. The summed E-state index contributed by atoms with van der Waals surface area (Å²) < 4.78 is 6.10. The minimum Gasteiger partial charge on any atom is -0.473 e. The van der Waals surface area contributed by atoms with Gasteiger partial charge in [-0.15, -0.1) is 0 Å². The minimum atomic E-state index is 0.694. The van der Waals surface area contributed by atoms with Crippen LogP contribution in [-0.4, -0.2) is 12.1 Å². The summed E-state index contributed by atoms with van der Waals surface area (Å²) in [5.74, 6) is 0. The number of benzene rings is 1. The van der Waals surface area contributed by atoms with Crippen molar-refractivity contribution in [2.45, 2.75) is 0 Å². The zero-order valence-electron chi connectivity index (χ0n) is 7.53. The van der Waals surface area contributed by atoms with Gasteiger partial charge in [-0.3, -0.25) is 0 Å². The number of methoxy groups -OCH3 is 1. The van der Waals surface area contributed by atoms with Gasteiger partial charge in [0.1, 0.15) is 0 Å². The van der Waals surface area contributed by atoms with Crippen LogP contribution in [0.2, 0.25) is 0 Å². The summed E-state index contributed by atoms with van der Waals surface area (Å²) in [6.07, 6.45) is 0. The Labute approximate surface area is 94.7 Å². The molecule has 0 radical (unpaired) electrons. The van der Waals surface area contributed by atoms with Gasteiger partial charge in [-0.2, -0.15) is 0 Å².